The number of amides is 1. The summed E-state index contributed by atoms with van der Waals surface area (Å²) in [5, 5.41) is 18.6. The second-order valence-electron chi connectivity index (χ2n) is 20.0. The first-order valence-corrected chi connectivity index (χ1v) is 27.4. The first-order chi connectivity index (χ1) is 38.5. The van der Waals surface area contributed by atoms with Gasteiger partial charge in [0.1, 0.15) is 36.7 Å². The third-order valence-electron chi connectivity index (χ3n) is 14.9. The monoisotopic (exact) mass is 1190 g/mol. The van der Waals surface area contributed by atoms with Crippen LogP contribution < -0.4 is 26.1 Å². The molecule has 6 aromatic rings. The van der Waals surface area contributed by atoms with Crippen LogP contribution >= 0.6 is 33.1 Å². The number of carbonyl (C=O) groups is 4. The zero-order valence-electron chi connectivity index (χ0n) is 45.5. The first-order valence-electron chi connectivity index (χ1n) is 26.6. The van der Waals surface area contributed by atoms with Crippen molar-refractivity contribution in [3.05, 3.63) is 196 Å². The third kappa shape index (κ3) is 15.1. The standard InChI is InChI=1S/C29H28ClFN2O5.C24H20ClFO6.C8H17NO.CH4.H3P/c1-2-33-28(37)25-27(38-16-18-7-4-3-5-8-18)26(36)21(14-32(25)17-29(33)13-20(29)15-34)23(35)12-11-19-9-6-10-22(30)24(19)31;1-2-30-24(29)23-22(31-13-15-7-4-3-5-8-15)21(28)17(14-32-23)19(27)12-11-16-9-6-10-18(25)20(16)26;1-2-3-8(6-9)4-7(8)5-10;;/h3-10,14,20,34H,2,11-13,15-17H2,1H3;3-10,14H,2,11-13H2,1H3;7,10H,2-6,9H2,1H3;1H4;1H3/t20-,29-;;7-,8+;;/m0.0../s1. The number of aromatic nitrogens is 1. The summed E-state index contributed by atoms with van der Waals surface area (Å²) in [5.41, 5.74) is 5.66. The molecule has 440 valence electrons. The van der Waals surface area contributed by atoms with Crippen LogP contribution in [0.15, 0.2) is 124 Å². The summed E-state index contributed by atoms with van der Waals surface area (Å²) < 4.78 is 51.8. The Morgan fingerprint density at radius 1 is 0.732 bits per heavy atom. The number of Topliss-reactive ketones (excluding diaryl/α,β-unsaturated/α-hetero) is 2. The maximum atomic E-state index is 14.4. The highest BCUT2D eigenvalue weighted by atomic mass is 35.5. The molecule has 3 aliphatic rings. The molecule has 82 heavy (non-hydrogen) atoms. The van der Waals surface area contributed by atoms with Gasteiger partial charge in [0.15, 0.2) is 23.0 Å². The molecule has 1 spiro atoms. The molecule has 4 N–H and O–H groups in total. The Morgan fingerprint density at radius 2 is 1.26 bits per heavy atom. The zero-order chi connectivity index (χ0) is 57.7. The fourth-order valence-corrected chi connectivity index (χ4v) is 10.7. The second kappa shape index (κ2) is 30.1. The number of esters is 1. The normalized spacial score (nSPS) is 18.0. The van der Waals surface area contributed by atoms with E-state index in [4.69, 9.17) is 52.7 Å². The van der Waals surface area contributed by atoms with Crippen LogP contribution in [-0.4, -0.2) is 81.6 Å². The molecule has 20 heteroatoms. The van der Waals surface area contributed by atoms with Crippen molar-refractivity contribution in [1.82, 2.24) is 9.47 Å². The van der Waals surface area contributed by atoms with Crippen molar-refractivity contribution in [2.45, 2.75) is 105 Å². The van der Waals surface area contributed by atoms with Crippen molar-refractivity contribution >= 4 is 56.5 Å². The maximum absolute atomic E-state index is 14.4. The first kappa shape index (κ1) is 66.2. The summed E-state index contributed by atoms with van der Waals surface area (Å²) in [6.07, 6.45) is 6.28. The number of fused-ring (bicyclic) bond motifs is 1. The van der Waals surface area contributed by atoms with Gasteiger partial charge in [0, 0.05) is 51.3 Å². The molecule has 4 aromatic carbocycles. The lowest BCUT2D eigenvalue weighted by Gasteiger charge is -2.39. The van der Waals surface area contributed by atoms with Gasteiger partial charge in [-0.3, -0.25) is 24.0 Å². The number of ketones is 2. The number of hydrogen-bond donors (Lipinski definition) is 3. The van der Waals surface area contributed by atoms with E-state index in [9.17, 15) is 42.7 Å². The van der Waals surface area contributed by atoms with Crippen LogP contribution in [0, 0.1) is 28.9 Å². The molecule has 0 radical (unpaired) electrons. The van der Waals surface area contributed by atoms with E-state index < -0.39 is 57.1 Å². The summed E-state index contributed by atoms with van der Waals surface area (Å²) >= 11 is 11.6. The summed E-state index contributed by atoms with van der Waals surface area (Å²) in [7, 11) is 0. The molecule has 15 nitrogen and oxygen atoms in total. The minimum Gasteiger partial charge on any atom is -0.483 e. The van der Waals surface area contributed by atoms with Crippen LogP contribution in [0.25, 0.3) is 0 Å². The van der Waals surface area contributed by atoms with Gasteiger partial charge in [-0.25, -0.2) is 13.6 Å². The number of halogens is 4. The average molecular weight is 1190 g/mol. The maximum Gasteiger partial charge on any atom is 0.378 e. The van der Waals surface area contributed by atoms with Gasteiger partial charge in [0.2, 0.25) is 16.6 Å². The van der Waals surface area contributed by atoms with E-state index in [1.807, 2.05) is 43.3 Å². The van der Waals surface area contributed by atoms with Crippen LogP contribution in [0.4, 0.5) is 8.78 Å². The van der Waals surface area contributed by atoms with Gasteiger partial charge >= 0.3 is 5.97 Å². The smallest absolute Gasteiger partial charge is 0.378 e. The van der Waals surface area contributed by atoms with Gasteiger partial charge in [-0.2, -0.15) is 9.90 Å². The molecule has 5 atom stereocenters. The quantitative estimate of drug-likeness (QED) is 0.0328. The number of carbonyl (C=O) groups excluding carboxylic acids is 4. The van der Waals surface area contributed by atoms with Crippen molar-refractivity contribution in [3.63, 3.8) is 0 Å². The number of hydrogen-bond acceptors (Lipinski definition) is 13. The minimum atomic E-state index is -0.882. The Labute approximate surface area is 489 Å². The number of ether oxygens (including phenoxy) is 3. The number of rotatable bonds is 22. The third-order valence-corrected chi connectivity index (χ3v) is 15.5. The molecule has 0 saturated heterocycles. The summed E-state index contributed by atoms with van der Waals surface area (Å²) in [6, 6.07) is 27.2. The van der Waals surface area contributed by atoms with E-state index in [2.05, 4.69) is 6.92 Å². The van der Waals surface area contributed by atoms with Crippen LogP contribution in [-0.2, 0) is 37.3 Å². The lowest BCUT2D eigenvalue weighted by molar-refractivity contribution is 0.0474. The second-order valence-corrected chi connectivity index (χ2v) is 20.8. The minimum absolute atomic E-state index is 0. The van der Waals surface area contributed by atoms with E-state index >= 15 is 0 Å². The number of pyridine rings is 1. The largest absolute Gasteiger partial charge is 0.483 e. The van der Waals surface area contributed by atoms with E-state index in [0.717, 1.165) is 30.4 Å². The molecule has 1 unspecified atom stereocenters. The van der Waals surface area contributed by atoms with Crippen LogP contribution in [0.3, 0.4) is 0 Å². The zero-order valence-corrected chi connectivity index (χ0v) is 48.5. The van der Waals surface area contributed by atoms with E-state index in [1.54, 1.807) is 58.9 Å². The number of likely N-dealkylation sites (N-methyl/N-ethyl adjacent to an activating group) is 1. The molecule has 2 saturated carbocycles. The van der Waals surface area contributed by atoms with Gasteiger partial charge in [-0.05, 0) is 98.2 Å². The Hall–Kier alpha value is -6.59. The van der Waals surface area contributed by atoms with Gasteiger partial charge in [0.25, 0.3) is 11.7 Å². The SMILES string of the molecule is C.CCC[C@]1(CN)C[C@H]1CO.CCN1C(=O)c2c(OCc3ccccc3)c(=O)c(C(=O)CCc3cccc(Cl)c3F)cn2C[C@]12C[C@H]2CO.CCOC(=O)c1occ(C(=O)CCc2cccc(Cl)c2F)c(=O)c1OCc1ccccc1.P. The fraction of sp³-hybridized carbons (Fsp3) is 0.387. The summed E-state index contributed by atoms with van der Waals surface area (Å²) in [4.78, 5) is 80.2. The Bertz CT molecular complexity index is 3310. The molecule has 2 fully saturated rings. The average Bonchev–Trinajstić information content (AvgIpc) is 3.33. The lowest BCUT2D eigenvalue weighted by atomic mass is 9.98. The predicted molar refractivity (Wildman–Crippen MR) is 315 cm³/mol. The van der Waals surface area contributed by atoms with E-state index in [1.165, 1.54) is 37.2 Å². The molecule has 1 aliphatic heterocycles. The molecule has 0 bridgehead atoms. The highest BCUT2D eigenvalue weighted by Gasteiger charge is 2.62. The fourth-order valence-electron chi connectivity index (χ4n) is 10.3. The molecule has 3 heterocycles. The molecule has 2 aliphatic carbocycles. The van der Waals surface area contributed by atoms with Crippen molar-refractivity contribution < 1.29 is 56.8 Å². The highest BCUT2D eigenvalue weighted by molar-refractivity contribution is 6.92. The topological polar surface area (TPSA) is 218 Å². The number of nitrogens with two attached hydrogens (primary N) is 1. The van der Waals surface area contributed by atoms with Gasteiger partial charge < -0.3 is 44.0 Å². The van der Waals surface area contributed by atoms with Crippen molar-refractivity contribution in [2.75, 3.05) is 32.9 Å². The summed E-state index contributed by atoms with van der Waals surface area (Å²) in [6.45, 7) is 7.48. The van der Waals surface area contributed by atoms with Crippen molar-refractivity contribution in [2.24, 2.45) is 23.0 Å². The number of benzene rings is 4. The molecular weight excluding hydrogens is 1120 g/mol. The number of nitrogens with zero attached hydrogens (tertiary/aromatic N) is 2. The number of aliphatic hydroxyl groups is 2. The van der Waals surface area contributed by atoms with Crippen molar-refractivity contribution in [3.8, 4) is 11.5 Å². The number of aryl methyl sites for hydroxylation is 2. The Morgan fingerprint density at radius 3 is 1.73 bits per heavy atom. The highest BCUT2D eigenvalue weighted by Crippen LogP contribution is 2.55. The van der Waals surface area contributed by atoms with Gasteiger partial charge in [-0.1, -0.05) is 129 Å². The van der Waals surface area contributed by atoms with Crippen LogP contribution in [0.2, 0.25) is 10.0 Å². The molecule has 2 aromatic heterocycles. The Kier molecular flexibility index (Phi) is 24.3. The van der Waals surface area contributed by atoms with E-state index in [0.29, 0.717) is 37.5 Å². The molecule has 1 amide bonds. The lowest BCUT2D eigenvalue weighted by Crippen LogP contribution is -2.52. The molecular formula is C62H72Cl2F2N3O12P. The Balaban J connectivity index is 0.000000254. The van der Waals surface area contributed by atoms with E-state index in [-0.39, 0.29) is 125 Å². The molecule has 9 rings (SSSR count). The predicted octanol–water partition coefficient (Wildman–Crippen LogP) is 10.7. The van der Waals surface area contributed by atoms with Crippen molar-refractivity contribution in [1.29, 1.82) is 0 Å². The summed E-state index contributed by atoms with van der Waals surface area (Å²) in [5.74, 6) is -4.10. The van der Waals surface area contributed by atoms with Crippen LogP contribution in [0.5, 0.6) is 11.5 Å². The van der Waals surface area contributed by atoms with Gasteiger partial charge in [0.05, 0.1) is 27.8 Å². The van der Waals surface area contributed by atoms with Crippen LogP contribution in [0.1, 0.15) is 131 Å². The number of aliphatic hydroxyl groups excluding tert-OH is 2. The van der Waals surface area contributed by atoms with Gasteiger partial charge in [-0.15, -0.1) is 0 Å².